The molecule has 1 aliphatic rings. The second kappa shape index (κ2) is 7.03. The smallest absolute Gasteiger partial charge is 0.148 e. The average Bonchev–Trinajstić information content (AvgIpc) is 2.37. The Bertz CT molecular complexity index is 402. The van der Waals surface area contributed by atoms with Crippen LogP contribution in [0.1, 0.15) is 13.8 Å². The molecule has 2 rings (SSSR count). The third-order valence-electron chi connectivity index (χ3n) is 3.01. The van der Waals surface area contributed by atoms with Crippen molar-refractivity contribution in [1.29, 1.82) is 0 Å². The number of morpholine rings is 1. The Hall–Kier alpha value is -0.910. The van der Waals surface area contributed by atoms with E-state index in [2.05, 4.69) is 34.0 Å². The lowest BCUT2D eigenvalue weighted by Gasteiger charge is -2.34. The van der Waals surface area contributed by atoms with Gasteiger partial charge in [0.25, 0.3) is 0 Å². The van der Waals surface area contributed by atoms with Gasteiger partial charge < -0.3 is 10.1 Å². The number of rotatable bonds is 5. The first-order valence-electron chi connectivity index (χ1n) is 6.68. The lowest BCUT2D eigenvalue weighted by molar-refractivity contribution is -0.0244. The molecule has 19 heavy (non-hydrogen) atoms. The summed E-state index contributed by atoms with van der Waals surface area (Å²) in [6.45, 7) is 9.07. The van der Waals surface area contributed by atoms with E-state index >= 15 is 0 Å². The molecule has 1 saturated heterocycles. The van der Waals surface area contributed by atoms with Gasteiger partial charge in [-0.1, -0.05) is 25.4 Å². The van der Waals surface area contributed by atoms with Crippen LogP contribution in [0.25, 0.3) is 0 Å². The van der Waals surface area contributed by atoms with Gasteiger partial charge in [-0.05, 0) is 5.92 Å². The van der Waals surface area contributed by atoms with Crippen LogP contribution < -0.4 is 5.32 Å². The van der Waals surface area contributed by atoms with Gasteiger partial charge in [0.2, 0.25) is 0 Å². The van der Waals surface area contributed by atoms with Crippen molar-refractivity contribution in [2.45, 2.75) is 20.0 Å². The van der Waals surface area contributed by atoms with Crippen molar-refractivity contribution in [2.24, 2.45) is 5.92 Å². The minimum Gasteiger partial charge on any atom is -0.374 e. The van der Waals surface area contributed by atoms with Crippen molar-refractivity contribution in [3.8, 4) is 0 Å². The van der Waals surface area contributed by atoms with E-state index in [1.54, 1.807) is 6.20 Å². The van der Waals surface area contributed by atoms with Crippen molar-refractivity contribution in [2.75, 3.05) is 38.1 Å². The number of hydrogen-bond donors (Lipinski definition) is 1. The Morgan fingerprint density at radius 1 is 1.58 bits per heavy atom. The fourth-order valence-corrected chi connectivity index (χ4v) is 2.41. The molecule has 1 aromatic rings. The van der Waals surface area contributed by atoms with E-state index in [-0.39, 0.29) is 6.10 Å². The summed E-state index contributed by atoms with van der Waals surface area (Å²) in [6, 6.07) is 0. The Balaban J connectivity index is 1.81. The Morgan fingerprint density at radius 3 is 3.16 bits per heavy atom. The second-order valence-corrected chi connectivity index (χ2v) is 5.65. The van der Waals surface area contributed by atoms with Gasteiger partial charge in [-0.15, -0.1) is 0 Å². The topological polar surface area (TPSA) is 50.3 Å². The molecule has 106 valence electrons. The largest absolute Gasteiger partial charge is 0.374 e. The van der Waals surface area contributed by atoms with Crippen LogP contribution in [0.4, 0.5) is 5.82 Å². The highest BCUT2D eigenvalue weighted by atomic mass is 35.5. The maximum atomic E-state index is 6.00. The maximum Gasteiger partial charge on any atom is 0.148 e. The van der Waals surface area contributed by atoms with E-state index < -0.39 is 0 Å². The van der Waals surface area contributed by atoms with Gasteiger partial charge in [-0.3, -0.25) is 4.90 Å². The first-order chi connectivity index (χ1) is 9.15. The lowest BCUT2D eigenvalue weighted by atomic mass is 10.2. The summed E-state index contributed by atoms with van der Waals surface area (Å²) in [5, 5.41) is 3.76. The van der Waals surface area contributed by atoms with E-state index in [0.717, 1.165) is 26.2 Å². The lowest BCUT2D eigenvalue weighted by Crippen LogP contribution is -2.46. The summed E-state index contributed by atoms with van der Waals surface area (Å²) in [5.74, 6) is 1.35. The third kappa shape index (κ3) is 4.60. The van der Waals surface area contributed by atoms with Gasteiger partial charge in [0.1, 0.15) is 17.2 Å². The maximum absolute atomic E-state index is 6.00. The molecule has 1 fully saturated rings. The molecule has 1 atom stereocenters. The number of nitrogens with one attached hydrogen (secondary N) is 1. The third-order valence-corrected chi connectivity index (χ3v) is 3.29. The van der Waals surface area contributed by atoms with Crippen LogP contribution in [-0.4, -0.2) is 53.8 Å². The zero-order chi connectivity index (χ0) is 13.7. The highest BCUT2D eigenvalue weighted by Gasteiger charge is 2.21. The fraction of sp³-hybridized carbons (Fsp3) is 0.692. The van der Waals surface area contributed by atoms with E-state index in [4.69, 9.17) is 16.3 Å². The van der Waals surface area contributed by atoms with Crippen molar-refractivity contribution in [3.63, 3.8) is 0 Å². The standard InChI is InChI=1S/C13H21ClN4O/c1-10(2)7-18-3-4-19-11(8-18)5-16-13-12(14)6-15-9-17-13/h6,9-11H,3-5,7-8H2,1-2H3,(H,15,16,17)/t11-/m0/s1. The molecule has 2 heterocycles. The van der Waals surface area contributed by atoms with E-state index in [0.29, 0.717) is 23.3 Å². The molecular weight excluding hydrogens is 264 g/mol. The molecule has 1 aromatic heterocycles. The van der Waals surface area contributed by atoms with Gasteiger partial charge in [0, 0.05) is 26.2 Å². The van der Waals surface area contributed by atoms with Crippen molar-refractivity contribution in [3.05, 3.63) is 17.5 Å². The predicted octanol–water partition coefficient (Wildman–Crippen LogP) is 1.90. The molecule has 0 radical (unpaired) electrons. The molecular formula is C13H21ClN4O. The van der Waals surface area contributed by atoms with Crippen molar-refractivity contribution in [1.82, 2.24) is 14.9 Å². The molecule has 6 heteroatoms. The normalized spacial score (nSPS) is 20.7. The molecule has 0 spiro atoms. The highest BCUT2D eigenvalue weighted by Crippen LogP contribution is 2.16. The van der Waals surface area contributed by atoms with Gasteiger partial charge in [-0.2, -0.15) is 0 Å². The number of halogens is 1. The minimum absolute atomic E-state index is 0.179. The first kappa shape index (κ1) is 14.5. The van der Waals surface area contributed by atoms with Crippen LogP contribution in [0.3, 0.4) is 0 Å². The summed E-state index contributed by atoms with van der Waals surface area (Å²) in [5.41, 5.74) is 0. The summed E-state index contributed by atoms with van der Waals surface area (Å²) in [6.07, 6.45) is 3.25. The molecule has 0 aliphatic carbocycles. The summed E-state index contributed by atoms with van der Waals surface area (Å²) >= 11 is 6.00. The van der Waals surface area contributed by atoms with Crippen LogP contribution in [0.15, 0.2) is 12.5 Å². The molecule has 0 bridgehead atoms. The van der Waals surface area contributed by atoms with E-state index in [9.17, 15) is 0 Å². The van der Waals surface area contributed by atoms with Crippen LogP contribution in [0, 0.1) is 5.92 Å². The number of anilines is 1. The Kier molecular flexibility index (Phi) is 5.36. The zero-order valence-electron chi connectivity index (χ0n) is 11.5. The number of ether oxygens (including phenoxy) is 1. The van der Waals surface area contributed by atoms with Crippen molar-refractivity contribution < 1.29 is 4.74 Å². The molecule has 5 nitrogen and oxygen atoms in total. The number of nitrogens with zero attached hydrogens (tertiary/aromatic N) is 3. The van der Waals surface area contributed by atoms with E-state index in [1.165, 1.54) is 6.33 Å². The van der Waals surface area contributed by atoms with Crippen molar-refractivity contribution >= 4 is 17.4 Å². The Labute approximate surface area is 119 Å². The monoisotopic (exact) mass is 284 g/mol. The molecule has 0 unspecified atom stereocenters. The summed E-state index contributed by atoms with van der Waals surface area (Å²) in [4.78, 5) is 10.4. The summed E-state index contributed by atoms with van der Waals surface area (Å²) < 4.78 is 5.76. The first-order valence-corrected chi connectivity index (χ1v) is 7.06. The fourth-order valence-electron chi connectivity index (χ4n) is 2.24. The SMILES string of the molecule is CC(C)CN1CCO[C@@H](CNc2ncncc2Cl)C1. The molecule has 0 saturated carbocycles. The zero-order valence-corrected chi connectivity index (χ0v) is 12.2. The molecule has 1 N–H and O–H groups in total. The van der Waals surface area contributed by atoms with Gasteiger partial charge in [0.15, 0.2) is 0 Å². The average molecular weight is 285 g/mol. The second-order valence-electron chi connectivity index (χ2n) is 5.25. The molecule has 0 amide bonds. The molecule has 1 aliphatic heterocycles. The van der Waals surface area contributed by atoms with Crippen LogP contribution in [-0.2, 0) is 4.74 Å². The molecule has 0 aromatic carbocycles. The minimum atomic E-state index is 0.179. The number of hydrogen-bond acceptors (Lipinski definition) is 5. The predicted molar refractivity (Wildman–Crippen MR) is 76.5 cm³/mol. The quantitative estimate of drug-likeness (QED) is 0.895. The van der Waals surface area contributed by atoms with Gasteiger partial charge in [0.05, 0.1) is 18.9 Å². The van der Waals surface area contributed by atoms with E-state index in [1.807, 2.05) is 0 Å². The van der Waals surface area contributed by atoms with Crippen LogP contribution >= 0.6 is 11.6 Å². The number of aromatic nitrogens is 2. The Morgan fingerprint density at radius 2 is 2.42 bits per heavy atom. The summed E-state index contributed by atoms with van der Waals surface area (Å²) in [7, 11) is 0. The van der Waals surface area contributed by atoms with Gasteiger partial charge >= 0.3 is 0 Å². The van der Waals surface area contributed by atoms with Gasteiger partial charge in [-0.25, -0.2) is 9.97 Å². The van der Waals surface area contributed by atoms with Crippen LogP contribution in [0.2, 0.25) is 5.02 Å². The van der Waals surface area contributed by atoms with Crippen LogP contribution in [0.5, 0.6) is 0 Å². The highest BCUT2D eigenvalue weighted by molar-refractivity contribution is 6.32.